The third-order valence-corrected chi connectivity index (χ3v) is 3.89. The van der Waals surface area contributed by atoms with Crippen LogP contribution in [0.1, 0.15) is 15.9 Å². The number of carbonyl (C=O) groups is 2. The number of esters is 1. The van der Waals surface area contributed by atoms with E-state index in [0.717, 1.165) is 11.3 Å². The molecule has 136 valence electrons. The maximum atomic E-state index is 12.1. The van der Waals surface area contributed by atoms with Crippen LogP contribution >= 0.6 is 0 Å². The summed E-state index contributed by atoms with van der Waals surface area (Å²) in [6, 6.07) is 22.9. The first kappa shape index (κ1) is 18.2. The highest BCUT2D eigenvalue weighted by atomic mass is 16.5. The number of methoxy groups -OCH3 is 1. The molecule has 27 heavy (non-hydrogen) atoms. The van der Waals surface area contributed by atoms with Crippen molar-refractivity contribution in [2.45, 2.75) is 6.42 Å². The van der Waals surface area contributed by atoms with Crippen LogP contribution in [0.25, 0.3) is 0 Å². The summed E-state index contributed by atoms with van der Waals surface area (Å²) in [5, 5.41) is 2.80. The molecule has 0 aliphatic carbocycles. The zero-order valence-electron chi connectivity index (χ0n) is 14.8. The van der Waals surface area contributed by atoms with Crippen LogP contribution < -0.4 is 14.8 Å². The van der Waals surface area contributed by atoms with Crippen LogP contribution in [0.2, 0.25) is 0 Å². The predicted octanol–water partition coefficient (Wildman–Crippen LogP) is 4.10. The number of benzene rings is 3. The lowest BCUT2D eigenvalue weighted by molar-refractivity contribution is -0.133. The van der Waals surface area contributed by atoms with E-state index in [1.54, 1.807) is 67.8 Å². The van der Waals surface area contributed by atoms with Gasteiger partial charge in [-0.05, 0) is 54.1 Å². The van der Waals surface area contributed by atoms with E-state index in [1.807, 2.05) is 18.2 Å². The molecule has 0 saturated carbocycles. The van der Waals surface area contributed by atoms with Gasteiger partial charge in [0.15, 0.2) is 0 Å². The highest BCUT2D eigenvalue weighted by molar-refractivity contribution is 6.04. The number of hydrogen-bond donors (Lipinski definition) is 1. The average molecular weight is 361 g/mol. The van der Waals surface area contributed by atoms with Crippen molar-refractivity contribution >= 4 is 17.6 Å². The number of rotatable bonds is 6. The van der Waals surface area contributed by atoms with Crippen LogP contribution in [0.5, 0.6) is 11.5 Å². The van der Waals surface area contributed by atoms with Gasteiger partial charge in [-0.2, -0.15) is 0 Å². The number of hydrogen-bond acceptors (Lipinski definition) is 4. The van der Waals surface area contributed by atoms with Crippen LogP contribution in [0.4, 0.5) is 5.69 Å². The van der Waals surface area contributed by atoms with E-state index in [-0.39, 0.29) is 18.3 Å². The Labute approximate surface area is 157 Å². The number of amides is 1. The fourth-order valence-electron chi connectivity index (χ4n) is 2.48. The molecule has 0 saturated heterocycles. The summed E-state index contributed by atoms with van der Waals surface area (Å²) in [6.07, 6.45) is 0.163. The summed E-state index contributed by atoms with van der Waals surface area (Å²) < 4.78 is 10.4. The first-order chi connectivity index (χ1) is 13.1. The van der Waals surface area contributed by atoms with Crippen molar-refractivity contribution in [3.8, 4) is 11.5 Å². The Hall–Kier alpha value is -3.60. The molecule has 5 nitrogen and oxygen atoms in total. The quantitative estimate of drug-likeness (QED) is 0.530. The summed E-state index contributed by atoms with van der Waals surface area (Å²) in [5.74, 6) is 0.604. The molecular weight excluding hydrogens is 342 g/mol. The van der Waals surface area contributed by atoms with Crippen LogP contribution in [0, 0.1) is 0 Å². The molecule has 0 aromatic heterocycles. The number of ether oxygens (including phenoxy) is 2. The van der Waals surface area contributed by atoms with Crippen molar-refractivity contribution in [2.75, 3.05) is 12.4 Å². The molecule has 0 spiro atoms. The summed E-state index contributed by atoms with van der Waals surface area (Å²) in [4.78, 5) is 24.2. The molecule has 0 radical (unpaired) electrons. The van der Waals surface area contributed by atoms with Gasteiger partial charge in [0.2, 0.25) is 0 Å². The van der Waals surface area contributed by atoms with Crippen molar-refractivity contribution in [3.05, 3.63) is 90.0 Å². The molecule has 1 amide bonds. The number of nitrogens with one attached hydrogen (secondary N) is 1. The Kier molecular flexibility index (Phi) is 5.84. The minimum Gasteiger partial charge on any atom is -0.497 e. The molecule has 0 unspecified atom stereocenters. The molecule has 3 aromatic rings. The second kappa shape index (κ2) is 8.67. The topological polar surface area (TPSA) is 64.6 Å². The van der Waals surface area contributed by atoms with Crippen LogP contribution in [0.3, 0.4) is 0 Å². The van der Waals surface area contributed by atoms with E-state index in [2.05, 4.69) is 5.32 Å². The lowest BCUT2D eigenvalue weighted by Crippen LogP contribution is -2.12. The maximum Gasteiger partial charge on any atom is 0.315 e. The van der Waals surface area contributed by atoms with Gasteiger partial charge in [-0.1, -0.05) is 30.3 Å². The first-order valence-electron chi connectivity index (χ1n) is 8.44. The van der Waals surface area contributed by atoms with Crippen LogP contribution in [0.15, 0.2) is 78.9 Å². The standard InChI is InChI=1S/C22H19NO4/c1-26-19-11-7-16(8-12-19)15-21(24)27-20-13-9-18(10-14-20)23-22(25)17-5-3-2-4-6-17/h2-14H,15H2,1H3,(H,23,25). The Morgan fingerprint density at radius 3 is 2.07 bits per heavy atom. The van der Waals surface area contributed by atoms with Gasteiger partial charge in [0.05, 0.1) is 13.5 Å². The van der Waals surface area contributed by atoms with Crippen LogP contribution in [-0.2, 0) is 11.2 Å². The highest BCUT2D eigenvalue weighted by Gasteiger charge is 2.08. The van der Waals surface area contributed by atoms with E-state index in [1.165, 1.54) is 0 Å². The Bertz CT molecular complexity index is 903. The zero-order chi connectivity index (χ0) is 19.1. The number of anilines is 1. The van der Waals surface area contributed by atoms with Gasteiger partial charge in [-0.15, -0.1) is 0 Å². The molecule has 1 N–H and O–H groups in total. The molecule has 3 aromatic carbocycles. The van der Waals surface area contributed by atoms with E-state index in [4.69, 9.17) is 9.47 Å². The monoisotopic (exact) mass is 361 g/mol. The molecule has 3 rings (SSSR count). The maximum absolute atomic E-state index is 12.1. The summed E-state index contributed by atoms with van der Waals surface area (Å²) in [6.45, 7) is 0. The second-order valence-electron chi connectivity index (χ2n) is 5.84. The third kappa shape index (κ3) is 5.19. The van der Waals surface area contributed by atoms with Crippen molar-refractivity contribution < 1.29 is 19.1 Å². The van der Waals surface area contributed by atoms with Crippen LogP contribution in [-0.4, -0.2) is 19.0 Å². The van der Waals surface area contributed by atoms with E-state index >= 15 is 0 Å². The lowest BCUT2D eigenvalue weighted by Gasteiger charge is -2.08. The third-order valence-electron chi connectivity index (χ3n) is 3.89. The van der Waals surface area contributed by atoms with Gasteiger partial charge >= 0.3 is 5.97 Å². The molecule has 5 heteroatoms. The van der Waals surface area contributed by atoms with Gasteiger partial charge in [-0.25, -0.2) is 0 Å². The molecule has 0 fully saturated rings. The summed E-state index contributed by atoms with van der Waals surface area (Å²) >= 11 is 0. The van der Waals surface area contributed by atoms with E-state index in [9.17, 15) is 9.59 Å². The summed E-state index contributed by atoms with van der Waals surface area (Å²) in [5.41, 5.74) is 2.04. The predicted molar refractivity (Wildman–Crippen MR) is 103 cm³/mol. The van der Waals surface area contributed by atoms with Gasteiger partial charge in [-0.3, -0.25) is 9.59 Å². The van der Waals surface area contributed by atoms with Crippen molar-refractivity contribution in [1.29, 1.82) is 0 Å². The Balaban J connectivity index is 1.55. The normalized spacial score (nSPS) is 10.1. The van der Waals surface area contributed by atoms with E-state index < -0.39 is 0 Å². The Morgan fingerprint density at radius 2 is 1.44 bits per heavy atom. The molecule has 0 heterocycles. The minimum atomic E-state index is -0.360. The van der Waals surface area contributed by atoms with Gasteiger partial charge < -0.3 is 14.8 Å². The molecule has 0 aliphatic rings. The minimum absolute atomic E-state index is 0.163. The second-order valence-corrected chi connectivity index (χ2v) is 5.84. The smallest absolute Gasteiger partial charge is 0.315 e. The SMILES string of the molecule is COc1ccc(CC(=O)Oc2ccc(NC(=O)c3ccccc3)cc2)cc1. The fourth-order valence-corrected chi connectivity index (χ4v) is 2.48. The highest BCUT2D eigenvalue weighted by Crippen LogP contribution is 2.18. The first-order valence-corrected chi connectivity index (χ1v) is 8.44. The molecule has 0 aliphatic heterocycles. The van der Waals surface area contributed by atoms with E-state index in [0.29, 0.717) is 17.0 Å². The fraction of sp³-hybridized carbons (Fsp3) is 0.0909. The largest absolute Gasteiger partial charge is 0.497 e. The van der Waals surface area contributed by atoms with Gasteiger partial charge in [0.25, 0.3) is 5.91 Å². The van der Waals surface area contributed by atoms with Crippen molar-refractivity contribution in [3.63, 3.8) is 0 Å². The summed E-state index contributed by atoms with van der Waals surface area (Å²) in [7, 11) is 1.59. The van der Waals surface area contributed by atoms with Gasteiger partial charge in [0, 0.05) is 11.3 Å². The molecule has 0 bridgehead atoms. The van der Waals surface area contributed by atoms with Crippen molar-refractivity contribution in [1.82, 2.24) is 0 Å². The zero-order valence-corrected chi connectivity index (χ0v) is 14.8. The van der Waals surface area contributed by atoms with Crippen molar-refractivity contribution in [2.24, 2.45) is 0 Å². The Morgan fingerprint density at radius 1 is 0.815 bits per heavy atom. The number of carbonyl (C=O) groups excluding carboxylic acids is 2. The average Bonchev–Trinajstić information content (AvgIpc) is 2.70. The lowest BCUT2D eigenvalue weighted by atomic mass is 10.1. The molecule has 0 atom stereocenters. The van der Waals surface area contributed by atoms with Gasteiger partial charge in [0.1, 0.15) is 11.5 Å². The molecular formula is C22H19NO4.